The molecule has 1 atom stereocenters. The van der Waals surface area contributed by atoms with E-state index < -0.39 is 0 Å². The van der Waals surface area contributed by atoms with E-state index >= 15 is 0 Å². The van der Waals surface area contributed by atoms with E-state index in [1.165, 1.54) is 5.56 Å². The molecular weight excluding hydrogens is 218 g/mol. The molecule has 0 bridgehead atoms. The fourth-order valence-electron chi connectivity index (χ4n) is 1.99. The molecule has 0 saturated carbocycles. The van der Waals surface area contributed by atoms with Crippen LogP contribution in [0.4, 0.5) is 0 Å². The molecular formula is C13H19NO3. The zero-order valence-electron chi connectivity index (χ0n) is 10.3. The second kappa shape index (κ2) is 6.00. The summed E-state index contributed by atoms with van der Waals surface area (Å²) in [7, 11) is 3.62. The van der Waals surface area contributed by atoms with Gasteiger partial charge in [-0.15, -0.1) is 0 Å². The second-order valence-electron chi connectivity index (χ2n) is 4.02. The van der Waals surface area contributed by atoms with Crippen LogP contribution in [0.2, 0.25) is 0 Å². The highest BCUT2D eigenvalue weighted by atomic mass is 16.7. The van der Waals surface area contributed by atoms with Gasteiger partial charge in [-0.2, -0.15) is 0 Å². The number of nitrogens with one attached hydrogen (secondary N) is 1. The molecule has 1 N–H and O–H groups in total. The van der Waals surface area contributed by atoms with Crippen LogP contribution < -0.4 is 10.1 Å². The maximum atomic E-state index is 5.46. The van der Waals surface area contributed by atoms with Gasteiger partial charge in [0.1, 0.15) is 5.75 Å². The summed E-state index contributed by atoms with van der Waals surface area (Å²) in [6, 6.07) is 8.31. The molecule has 1 fully saturated rings. The first-order valence-corrected chi connectivity index (χ1v) is 5.88. The van der Waals surface area contributed by atoms with Gasteiger partial charge in [0.05, 0.1) is 20.3 Å². The fraction of sp³-hybridized carbons (Fsp3) is 0.538. The van der Waals surface area contributed by atoms with Crippen LogP contribution in [0.15, 0.2) is 24.3 Å². The first-order chi connectivity index (χ1) is 8.33. The quantitative estimate of drug-likeness (QED) is 0.846. The molecule has 1 aromatic rings. The van der Waals surface area contributed by atoms with E-state index in [9.17, 15) is 0 Å². The maximum absolute atomic E-state index is 5.46. The molecule has 94 valence electrons. The number of hydrogen-bond donors (Lipinski definition) is 1. The van der Waals surface area contributed by atoms with Crippen molar-refractivity contribution in [1.29, 1.82) is 0 Å². The molecule has 4 heteroatoms. The lowest BCUT2D eigenvalue weighted by Crippen LogP contribution is -2.22. The monoisotopic (exact) mass is 237 g/mol. The molecule has 2 rings (SSSR count). The van der Waals surface area contributed by atoms with Crippen molar-refractivity contribution in [3.63, 3.8) is 0 Å². The van der Waals surface area contributed by atoms with Crippen molar-refractivity contribution in [1.82, 2.24) is 5.32 Å². The van der Waals surface area contributed by atoms with Crippen LogP contribution in [-0.2, 0) is 9.47 Å². The van der Waals surface area contributed by atoms with Crippen molar-refractivity contribution >= 4 is 0 Å². The normalized spacial score (nSPS) is 18.2. The minimum absolute atomic E-state index is 0.0884. The first kappa shape index (κ1) is 12.4. The van der Waals surface area contributed by atoms with Crippen molar-refractivity contribution in [2.75, 3.05) is 27.4 Å². The summed E-state index contributed by atoms with van der Waals surface area (Å²) in [4.78, 5) is 0. The number of hydrogen-bond acceptors (Lipinski definition) is 4. The van der Waals surface area contributed by atoms with Crippen LogP contribution in [0.5, 0.6) is 5.75 Å². The number of methoxy groups -OCH3 is 1. The molecule has 0 aliphatic carbocycles. The highest BCUT2D eigenvalue weighted by molar-refractivity contribution is 5.29. The first-order valence-electron chi connectivity index (χ1n) is 5.88. The average molecular weight is 237 g/mol. The minimum Gasteiger partial charge on any atom is -0.497 e. The number of ether oxygens (including phenoxy) is 3. The Bertz CT molecular complexity index is 333. The van der Waals surface area contributed by atoms with Gasteiger partial charge in [0, 0.05) is 12.5 Å². The third kappa shape index (κ3) is 3.19. The summed E-state index contributed by atoms with van der Waals surface area (Å²) in [5.74, 6) is 0.872. The van der Waals surface area contributed by atoms with E-state index in [0.29, 0.717) is 13.2 Å². The van der Waals surface area contributed by atoms with Gasteiger partial charge in [0.15, 0.2) is 6.29 Å². The average Bonchev–Trinajstić information content (AvgIpc) is 2.89. The van der Waals surface area contributed by atoms with Crippen LogP contribution in [-0.4, -0.2) is 33.7 Å². The number of benzene rings is 1. The molecule has 0 radical (unpaired) electrons. The van der Waals surface area contributed by atoms with Crippen molar-refractivity contribution in [2.24, 2.45) is 0 Å². The van der Waals surface area contributed by atoms with Gasteiger partial charge in [0.2, 0.25) is 0 Å². The molecule has 1 saturated heterocycles. The summed E-state index contributed by atoms with van der Waals surface area (Å²) in [5, 5.41) is 3.28. The zero-order valence-corrected chi connectivity index (χ0v) is 10.3. The third-order valence-electron chi connectivity index (χ3n) is 2.99. The summed E-state index contributed by atoms with van der Waals surface area (Å²) < 4.78 is 16.1. The second-order valence-corrected chi connectivity index (χ2v) is 4.02. The van der Waals surface area contributed by atoms with Gasteiger partial charge in [-0.1, -0.05) is 12.1 Å². The van der Waals surface area contributed by atoms with Crippen LogP contribution in [0.25, 0.3) is 0 Å². The Morgan fingerprint density at radius 1 is 1.29 bits per heavy atom. The highest BCUT2D eigenvalue weighted by Gasteiger charge is 2.21. The molecule has 4 nitrogen and oxygen atoms in total. The van der Waals surface area contributed by atoms with E-state index in [2.05, 4.69) is 17.4 Å². The van der Waals surface area contributed by atoms with Crippen molar-refractivity contribution in [3.8, 4) is 5.75 Å². The van der Waals surface area contributed by atoms with Crippen LogP contribution in [0, 0.1) is 0 Å². The van der Waals surface area contributed by atoms with E-state index in [1.54, 1.807) is 7.11 Å². The largest absolute Gasteiger partial charge is 0.497 e. The Morgan fingerprint density at radius 2 is 1.94 bits per heavy atom. The van der Waals surface area contributed by atoms with Crippen molar-refractivity contribution in [2.45, 2.75) is 18.8 Å². The van der Waals surface area contributed by atoms with Gasteiger partial charge in [-0.3, -0.25) is 0 Å². The minimum atomic E-state index is -0.0884. The Balaban J connectivity index is 2.00. The van der Waals surface area contributed by atoms with Crippen LogP contribution in [0.3, 0.4) is 0 Å². The smallest absolute Gasteiger partial charge is 0.159 e. The molecule has 0 spiro atoms. The van der Waals surface area contributed by atoms with E-state index in [0.717, 1.165) is 12.2 Å². The molecule has 0 amide bonds. The molecule has 1 aromatic carbocycles. The summed E-state index contributed by atoms with van der Waals surface area (Å²) in [5.41, 5.74) is 1.22. The topological polar surface area (TPSA) is 39.7 Å². The molecule has 1 unspecified atom stereocenters. The zero-order chi connectivity index (χ0) is 12.1. The van der Waals surface area contributed by atoms with Gasteiger partial charge in [-0.25, -0.2) is 0 Å². The molecule has 1 heterocycles. The number of rotatable bonds is 5. The Morgan fingerprint density at radius 3 is 2.47 bits per heavy atom. The summed E-state index contributed by atoms with van der Waals surface area (Å²) in [6.07, 6.45) is 0.734. The standard InChI is InChI=1S/C13H19NO3/c1-14-12(9-13-16-7-8-17-13)10-3-5-11(15-2)6-4-10/h3-6,12-14H,7-9H2,1-2H3. The predicted octanol–water partition coefficient (Wildman–Crippen LogP) is 1.72. The predicted molar refractivity (Wildman–Crippen MR) is 65.1 cm³/mol. The maximum Gasteiger partial charge on any atom is 0.159 e. The van der Waals surface area contributed by atoms with E-state index in [4.69, 9.17) is 14.2 Å². The molecule has 1 aliphatic heterocycles. The lowest BCUT2D eigenvalue weighted by atomic mass is 10.0. The van der Waals surface area contributed by atoms with Gasteiger partial charge in [0.25, 0.3) is 0 Å². The van der Waals surface area contributed by atoms with Gasteiger partial charge >= 0.3 is 0 Å². The Labute approximate surface area is 102 Å². The SMILES string of the molecule is CNC(CC1OCCO1)c1ccc(OC)cc1. The van der Waals surface area contributed by atoms with E-state index in [1.807, 2.05) is 19.2 Å². The van der Waals surface area contributed by atoms with Crippen molar-refractivity contribution in [3.05, 3.63) is 29.8 Å². The van der Waals surface area contributed by atoms with E-state index in [-0.39, 0.29) is 12.3 Å². The molecule has 0 aromatic heterocycles. The van der Waals surface area contributed by atoms with Crippen LogP contribution >= 0.6 is 0 Å². The van der Waals surface area contributed by atoms with Gasteiger partial charge < -0.3 is 19.5 Å². The lowest BCUT2D eigenvalue weighted by molar-refractivity contribution is -0.0526. The third-order valence-corrected chi connectivity index (χ3v) is 2.99. The highest BCUT2D eigenvalue weighted by Crippen LogP contribution is 2.23. The Hall–Kier alpha value is -1.10. The molecule has 17 heavy (non-hydrogen) atoms. The lowest BCUT2D eigenvalue weighted by Gasteiger charge is -2.19. The summed E-state index contributed by atoms with van der Waals surface area (Å²) >= 11 is 0. The van der Waals surface area contributed by atoms with Crippen LogP contribution in [0.1, 0.15) is 18.0 Å². The summed E-state index contributed by atoms with van der Waals surface area (Å²) in [6.45, 7) is 1.40. The van der Waals surface area contributed by atoms with Crippen molar-refractivity contribution < 1.29 is 14.2 Å². The Kier molecular flexibility index (Phi) is 4.36. The van der Waals surface area contributed by atoms with Gasteiger partial charge in [-0.05, 0) is 24.7 Å². The fourth-order valence-corrected chi connectivity index (χ4v) is 1.99. The molecule has 1 aliphatic rings.